The van der Waals surface area contributed by atoms with Crippen molar-refractivity contribution in [1.29, 1.82) is 0 Å². The van der Waals surface area contributed by atoms with Crippen LogP contribution in [0.15, 0.2) is 24.3 Å². The number of likely N-dealkylation sites (tertiary alicyclic amines) is 1. The number of carbonyl (C=O) groups is 1. The van der Waals surface area contributed by atoms with Crippen LogP contribution in [0.1, 0.15) is 24.5 Å². The minimum atomic E-state index is -0.499. The number of carbonyl (C=O) groups excluding carboxylic acids is 1. The molecule has 0 saturated carbocycles. The molecule has 23 heavy (non-hydrogen) atoms. The van der Waals surface area contributed by atoms with Gasteiger partial charge in [0, 0.05) is 24.7 Å². The van der Waals surface area contributed by atoms with Crippen molar-refractivity contribution in [3.63, 3.8) is 0 Å². The van der Waals surface area contributed by atoms with Crippen molar-refractivity contribution in [2.75, 3.05) is 32.8 Å². The lowest BCUT2D eigenvalue weighted by atomic mass is 9.87. The highest BCUT2D eigenvalue weighted by molar-refractivity contribution is 6.30. The lowest BCUT2D eigenvalue weighted by Gasteiger charge is -2.37. The van der Waals surface area contributed by atoms with E-state index in [-0.39, 0.29) is 17.9 Å². The molecule has 0 aliphatic carbocycles. The van der Waals surface area contributed by atoms with Gasteiger partial charge in [-0.25, -0.2) is 0 Å². The van der Waals surface area contributed by atoms with Crippen molar-refractivity contribution in [2.24, 2.45) is 5.92 Å². The Balaban J connectivity index is 1.53. The standard InChI is InChI=1S/C17H23ClN2O3/c18-14-3-1-12(2-4-14)16(21)13-5-8-20(9-6-13)17(22)15-11-23-10-7-19-15/h1-4,13,15-16,19,21H,5-11H2. The van der Waals surface area contributed by atoms with Gasteiger partial charge in [0.25, 0.3) is 0 Å². The molecule has 2 aliphatic heterocycles. The number of hydrogen-bond donors (Lipinski definition) is 2. The number of halogens is 1. The fourth-order valence-corrected chi connectivity index (χ4v) is 3.44. The maximum Gasteiger partial charge on any atom is 0.242 e. The van der Waals surface area contributed by atoms with Gasteiger partial charge in [0.1, 0.15) is 6.04 Å². The number of nitrogens with one attached hydrogen (secondary N) is 1. The van der Waals surface area contributed by atoms with Crippen molar-refractivity contribution in [2.45, 2.75) is 25.0 Å². The summed E-state index contributed by atoms with van der Waals surface area (Å²) < 4.78 is 5.36. The minimum Gasteiger partial charge on any atom is -0.388 e. The first-order valence-electron chi connectivity index (χ1n) is 8.18. The summed E-state index contributed by atoms with van der Waals surface area (Å²) in [5.74, 6) is 0.292. The summed E-state index contributed by atoms with van der Waals surface area (Å²) in [5.41, 5.74) is 0.890. The van der Waals surface area contributed by atoms with Gasteiger partial charge in [0.05, 0.1) is 19.3 Å². The number of ether oxygens (including phenoxy) is 1. The van der Waals surface area contributed by atoms with Crippen molar-refractivity contribution < 1.29 is 14.6 Å². The van der Waals surface area contributed by atoms with E-state index in [2.05, 4.69) is 5.32 Å². The second-order valence-corrected chi connectivity index (χ2v) is 6.68. The summed E-state index contributed by atoms with van der Waals surface area (Å²) in [5, 5.41) is 14.4. The van der Waals surface area contributed by atoms with Gasteiger partial charge in [-0.1, -0.05) is 23.7 Å². The van der Waals surface area contributed by atoms with Gasteiger partial charge < -0.3 is 20.1 Å². The number of nitrogens with zero attached hydrogens (tertiary/aromatic N) is 1. The van der Waals surface area contributed by atoms with Crippen LogP contribution in [0.5, 0.6) is 0 Å². The molecule has 126 valence electrons. The van der Waals surface area contributed by atoms with Gasteiger partial charge in [0.15, 0.2) is 0 Å². The van der Waals surface area contributed by atoms with Gasteiger partial charge in [-0.05, 0) is 36.5 Å². The fraction of sp³-hybridized carbons (Fsp3) is 0.588. The zero-order valence-corrected chi connectivity index (χ0v) is 13.8. The highest BCUT2D eigenvalue weighted by Crippen LogP contribution is 2.31. The number of aliphatic hydroxyl groups excluding tert-OH is 1. The molecule has 1 aromatic carbocycles. The Bertz CT molecular complexity index is 523. The number of morpholine rings is 1. The monoisotopic (exact) mass is 338 g/mol. The third-order valence-corrected chi connectivity index (χ3v) is 4.98. The van der Waals surface area contributed by atoms with Gasteiger partial charge in [0.2, 0.25) is 5.91 Å². The van der Waals surface area contributed by atoms with E-state index >= 15 is 0 Å². The van der Waals surface area contributed by atoms with Crippen LogP contribution in [-0.4, -0.2) is 54.8 Å². The first-order chi connectivity index (χ1) is 11.1. The first kappa shape index (κ1) is 16.7. The van der Waals surface area contributed by atoms with E-state index in [0.717, 1.165) is 24.9 Å². The summed E-state index contributed by atoms with van der Waals surface area (Å²) in [6, 6.07) is 7.12. The first-order valence-corrected chi connectivity index (χ1v) is 8.56. The molecule has 2 heterocycles. The summed E-state index contributed by atoms with van der Waals surface area (Å²) >= 11 is 5.89. The highest BCUT2D eigenvalue weighted by atomic mass is 35.5. The van der Waals surface area contributed by atoms with Gasteiger partial charge in [-0.15, -0.1) is 0 Å². The molecule has 0 aromatic heterocycles. The van der Waals surface area contributed by atoms with Crippen LogP contribution in [0.3, 0.4) is 0 Å². The molecule has 1 aromatic rings. The maximum absolute atomic E-state index is 12.4. The van der Waals surface area contributed by atoms with E-state index in [0.29, 0.717) is 31.3 Å². The predicted molar refractivity (Wildman–Crippen MR) is 88.3 cm³/mol. The van der Waals surface area contributed by atoms with Crippen LogP contribution in [0, 0.1) is 5.92 Å². The van der Waals surface area contributed by atoms with Gasteiger partial charge >= 0.3 is 0 Å². The highest BCUT2D eigenvalue weighted by Gasteiger charge is 2.32. The Morgan fingerprint density at radius 3 is 2.61 bits per heavy atom. The second-order valence-electron chi connectivity index (χ2n) is 6.24. The third kappa shape index (κ3) is 4.04. The average Bonchev–Trinajstić information content (AvgIpc) is 2.62. The molecule has 0 radical (unpaired) electrons. The quantitative estimate of drug-likeness (QED) is 0.879. The smallest absolute Gasteiger partial charge is 0.242 e. The molecule has 5 nitrogen and oxygen atoms in total. The van der Waals surface area contributed by atoms with Gasteiger partial charge in [-0.3, -0.25) is 4.79 Å². The zero-order valence-electron chi connectivity index (χ0n) is 13.1. The van der Waals surface area contributed by atoms with E-state index in [4.69, 9.17) is 16.3 Å². The van der Waals surface area contributed by atoms with E-state index in [1.54, 1.807) is 12.1 Å². The van der Waals surface area contributed by atoms with Crippen molar-refractivity contribution >= 4 is 17.5 Å². The number of aliphatic hydroxyl groups is 1. The summed E-state index contributed by atoms with van der Waals surface area (Å²) in [4.78, 5) is 14.3. The van der Waals surface area contributed by atoms with Crippen molar-refractivity contribution in [1.82, 2.24) is 10.2 Å². The normalized spacial score (nSPS) is 24.4. The molecule has 1 amide bonds. The molecule has 2 unspecified atom stereocenters. The molecule has 0 bridgehead atoms. The largest absolute Gasteiger partial charge is 0.388 e. The van der Waals surface area contributed by atoms with E-state index in [1.165, 1.54) is 0 Å². The SMILES string of the molecule is O=C(C1COCCN1)N1CCC(C(O)c2ccc(Cl)cc2)CC1. The average molecular weight is 339 g/mol. The fourth-order valence-electron chi connectivity index (χ4n) is 3.31. The van der Waals surface area contributed by atoms with Crippen LogP contribution >= 0.6 is 11.6 Å². The van der Waals surface area contributed by atoms with Crippen molar-refractivity contribution in [3.05, 3.63) is 34.9 Å². The van der Waals surface area contributed by atoms with Crippen LogP contribution < -0.4 is 5.32 Å². The van der Waals surface area contributed by atoms with Crippen molar-refractivity contribution in [3.8, 4) is 0 Å². The number of benzene rings is 1. The number of rotatable bonds is 3. The van der Waals surface area contributed by atoms with E-state index in [1.807, 2.05) is 17.0 Å². The molecule has 2 saturated heterocycles. The minimum absolute atomic E-state index is 0.115. The Morgan fingerprint density at radius 1 is 1.30 bits per heavy atom. The summed E-state index contributed by atoms with van der Waals surface area (Å²) in [7, 11) is 0. The summed E-state index contributed by atoms with van der Waals surface area (Å²) in [6.45, 7) is 3.21. The Labute approximate surface area is 141 Å². The van der Waals surface area contributed by atoms with E-state index in [9.17, 15) is 9.90 Å². The number of piperidine rings is 1. The van der Waals surface area contributed by atoms with E-state index < -0.39 is 6.10 Å². The molecule has 2 fully saturated rings. The Hall–Kier alpha value is -1.14. The Kier molecular flexibility index (Phi) is 5.54. The van der Waals surface area contributed by atoms with Crippen LogP contribution in [0.2, 0.25) is 5.02 Å². The van der Waals surface area contributed by atoms with Crippen LogP contribution in [-0.2, 0) is 9.53 Å². The lowest BCUT2D eigenvalue weighted by molar-refractivity contribution is -0.138. The Morgan fingerprint density at radius 2 is 2.00 bits per heavy atom. The van der Waals surface area contributed by atoms with Gasteiger partial charge in [-0.2, -0.15) is 0 Å². The molecule has 2 N–H and O–H groups in total. The van der Waals surface area contributed by atoms with Crippen LogP contribution in [0.25, 0.3) is 0 Å². The predicted octanol–water partition coefficient (Wildman–Crippen LogP) is 1.60. The number of hydrogen-bond acceptors (Lipinski definition) is 4. The molecule has 2 atom stereocenters. The second kappa shape index (κ2) is 7.62. The summed E-state index contributed by atoms with van der Waals surface area (Å²) in [6.07, 6.45) is 1.12. The lowest BCUT2D eigenvalue weighted by Crippen LogP contribution is -2.54. The molecule has 0 spiro atoms. The third-order valence-electron chi connectivity index (χ3n) is 4.73. The van der Waals surface area contributed by atoms with Crippen LogP contribution in [0.4, 0.5) is 0 Å². The topological polar surface area (TPSA) is 61.8 Å². The molecular formula is C17H23ClN2O3. The zero-order chi connectivity index (χ0) is 16.2. The maximum atomic E-state index is 12.4. The number of amides is 1. The molecule has 2 aliphatic rings. The molecular weight excluding hydrogens is 316 g/mol. The molecule has 3 rings (SSSR count). The molecule has 6 heteroatoms.